The van der Waals surface area contributed by atoms with Gasteiger partial charge in [0.05, 0.1) is 23.3 Å². The summed E-state index contributed by atoms with van der Waals surface area (Å²) in [6, 6.07) is 16.8. The number of halogens is 1. The van der Waals surface area contributed by atoms with E-state index in [0.717, 1.165) is 18.5 Å². The van der Waals surface area contributed by atoms with Crippen LogP contribution in [0.15, 0.2) is 59.1 Å². The Bertz CT molecular complexity index is 842. The summed E-state index contributed by atoms with van der Waals surface area (Å²) >= 11 is 3.44. The monoisotopic (exact) mass is 414 g/mol. The van der Waals surface area contributed by atoms with Crippen LogP contribution in [0.1, 0.15) is 19.8 Å². The molecule has 0 aromatic heterocycles. The average molecular weight is 415 g/mol. The van der Waals surface area contributed by atoms with Crippen LogP contribution >= 0.6 is 15.9 Å². The number of hydroxylamine groups is 1. The molecule has 0 unspecified atom stereocenters. The summed E-state index contributed by atoms with van der Waals surface area (Å²) in [7, 11) is 0. The van der Waals surface area contributed by atoms with Crippen molar-refractivity contribution in [3.63, 3.8) is 0 Å². The average Bonchev–Trinajstić information content (AvgIpc) is 3.14. The van der Waals surface area contributed by atoms with Crippen molar-refractivity contribution in [1.29, 1.82) is 0 Å². The zero-order chi connectivity index (χ0) is 18.3. The number of benzene rings is 2. The third kappa shape index (κ3) is 2.64. The minimum atomic E-state index is -0.772. The third-order valence-corrected chi connectivity index (χ3v) is 5.60. The van der Waals surface area contributed by atoms with Gasteiger partial charge in [0.2, 0.25) is 5.91 Å². The molecule has 3 atom stereocenters. The highest BCUT2D eigenvalue weighted by Gasteiger charge is 2.59. The third-order valence-electron chi connectivity index (χ3n) is 4.93. The van der Waals surface area contributed by atoms with Crippen LogP contribution in [-0.2, 0) is 14.4 Å². The van der Waals surface area contributed by atoms with E-state index in [0.29, 0.717) is 10.2 Å². The van der Waals surface area contributed by atoms with Gasteiger partial charge in [-0.15, -0.1) is 0 Å². The molecule has 2 aliphatic heterocycles. The number of hydrogen-bond acceptors (Lipinski definition) is 4. The van der Waals surface area contributed by atoms with E-state index in [1.165, 1.54) is 4.90 Å². The van der Waals surface area contributed by atoms with Crippen LogP contribution in [0.25, 0.3) is 0 Å². The Hall–Kier alpha value is -2.18. The molecule has 2 heterocycles. The highest BCUT2D eigenvalue weighted by molar-refractivity contribution is 9.10. The molecule has 2 aromatic carbocycles. The van der Waals surface area contributed by atoms with Crippen LogP contribution in [0.5, 0.6) is 0 Å². The fourth-order valence-electron chi connectivity index (χ4n) is 3.78. The molecule has 0 saturated carbocycles. The standard InChI is InChI=1S/C20H19BrN2O3/c1-2-8-16-17-18(26-23(16)13-9-4-3-5-10-13)20(25)22(19(17)24)15-12-7-6-11-14(15)21/h3-7,9-12,16-18H,2,8H2,1H3/t16-,17+,18+/m1/s1. The Labute approximate surface area is 160 Å². The lowest BCUT2D eigenvalue weighted by Gasteiger charge is -2.28. The van der Waals surface area contributed by atoms with E-state index < -0.39 is 12.0 Å². The molecule has 0 aliphatic carbocycles. The van der Waals surface area contributed by atoms with Crippen LogP contribution in [0.2, 0.25) is 0 Å². The van der Waals surface area contributed by atoms with E-state index in [4.69, 9.17) is 4.84 Å². The number of hydrogen-bond donors (Lipinski definition) is 0. The van der Waals surface area contributed by atoms with Gasteiger partial charge in [0, 0.05) is 4.47 Å². The second-order valence-electron chi connectivity index (χ2n) is 6.53. The highest BCUT2D eigenvalue weighted by atomic mass is 79.9. The highest BCUT2D eigenvalue weighted by Crippen LogP contribution is 2.42. The largest absolute Gasteiger partial charge is 0.273 e. The maximum Gasteiger partial charge on any atom is 0.266 e. The van der Waals surface area contributed by atoms with Crippen LogP contribution in [0.4, 0.5) is 11.4 Å². The van der Waals surface area contributed by atoms with Gasteiger partial charge in [0.15, 0.2) is 6.10 Å². The molecule has 0 radical (unpaired) electrons. The minimum absolute atomic E-state index is 0.156. The number of para-hydroxylation sites is 2. The van der Waals surface area contributed by atoms with Gasteiger partial charge < -0.3 is 0 Å². The van der Waals surface area contributed by atoms with E-state index in [1.807, 2.05) is 48.5 Å². The quantitative estimate of drug-likeness (QED) is 0.711. The Morgan fingerprint density at radius 2 is 1.69 bits per heavy atom. The number of carbonyl (C=O) groups excluding carboxylic acids is 2. The van der Waals surface area contributed by atoms with Crippen LogP contribution in [-0.4, -0.2) is 24.0 Å². The zero-order valence-corrected chi connectivity index (χ0v) is 15.9. The zero-order valence-electron chi connectivity index (χ0n) is 14.3. The molecule has 2 saturated heterocycles. The second-order valence-corrected chi connectivity index (χ2v) is 7.39. The van der Waals surface area contributed by atoms with Crippen molar-refractivity contribution in [2.45, 2.75) is 31.9 Å². The maximum atomic E-state index is 13.2. The van der Waals surface area contributed by atoms with E-state index in [9.17, 15) is 9.59 Å². The molecule has 4 rings (SSSR count). The normalized spacial score (nSPS) is 25.1. The van der Waals surface area contributed by atoms with Crippen molar-refractivity contribution in [2.75, 3.05) is 9.96 Å². The van der Waals surface area contributed by atoms with Gasteiger partial charge in [0.25, 0.3) is 5.91 Å². The molecule has 5 nitrogen and oxygen atoms in total. The van der Waals surface area contributed by atoms with Gasteiger partial charge in [-0.2, -0.15) is 0 Å². The molecule has 0 spiro atoms. The summed E-state index contributed by atoms with van der Waals surface area (Å²) in [5.41, 5.74) is 1.44. The van der Waals surface area contributed by atoms with Gasteiger partial charge in [-0.1, -0.05) is 43.7 Å². The summed E-state index contributed by atoms with van der Waals surface area (Å²) in [4.78, 5) is 33.5. The Kier molecular flexibility index (Phi) is 4.54. The van der Waals surface area contributed by atoms with Crippen LogP contribution < -0.4 is 9.96 Å². The Balaban J connectivity index is 1.70. The lowest BCUT2D eigenvalue weighted by Crippen LogP contribution is -2.40. The summed E-state index contributed by atoms with van der Waals surface area (Å²) < 4.78 is 0.716. The number of anilines is 2. The number of amides is 2. The fraction of sp³-hybridized carbons (Fsp3) is 0.300. The first-order chi connectivity index (χ1) is 12.6. The van der Waals surface area contributed by atoms with Gasteiger partial charge in [-0.25, -0.2) is 9.96 Å². The molecule has 6 heteroatoms. The molecular weight excluding hydrogens is 396 g/mol. The molecule has 134 valence electrons. The molecule has 2 aliphatic rings. The first-order valence-electron chi connectivity index (χ1n) is 8.77. The van der Waals surface area contributed by atoms with Gasteiger partial charge in [-0.3, -0.25) is 14.4 Å². The summed E-state index contributed by atoms with van der Waals surface area (Å²) in [6.07, 6.45) is 0.905. The maximum absolute atomic E-state index is 13.2. The fourth-order valence-corrected chi connectivity index (χ4v) is 4.24. The van der Waals surface area contributed by atoms with Crippen molar-refractivity contribution in [2.24, 2.45) is 5.92 Å². The topological polar surface area (TPSA) is 49.9 Å². The van der Waals surface area contributed by atoms with Gasteiger partial charge >= 0.3 is 0 Å². The summed E-state index contributed by atoms with van der Waals surface area (Å²) in [5.74, 6) is -0.982. The van der Waals surface area contributed by atoms with Crippen molar-refractivity contribution in [1.82, 2.24) is 0 Å². The van der Waals surface area contributed by atoms with Crippen molar-refractivity contribution in [3.8, 4) is 0 Å². The first-order valence-corrected chi connectivity index (χ1v) is 9.56. The van der Waals surface area contributed by atoms with Gasteiger partial charge in [0.1, 0.15) is 0 Å². The molecule has 26 heavy (non-hydrogen) atoms. The van der Waals surface area contributed by atoms with Crippen LogP contribution in [0, 0.1) is 5.92 Å². The lowest BCUT2D eigenvalue weighted by atomic mass is 9.93. The predicted octanol–water partition coefficient (Wildman–Crippen LogP) is 3.93. The first kappa shape index (κ1) is 17.2. The van der Waals surface area contributed by atoms with E-state index in [-0.39, 0.29) is 17.9 Å². The van der Waals surface area contributed by atoms with E-state index in [2.05, 4.69) is 22.9 Å². The van der Waals surface area contributed by atoms with Crippen molar-refractivity contribution < 1.29 is 14.4 Å². The number of nitrogens with zero attached hydrogens (tertiary/aromatic N) is 2. The molecule has 0 bridgehead atoms. The number of fused-ring (bicyclic) bond motifs is 1. The van der Waals surface area contributed by atoms with Crippen LogP contribution in [0.3, 0.4) is 0 Å². The summed E-state index contributed by atoms with van der Waals surface area (Å²) in [6.45, 7) is 2.07. The molecule has 2 aromatic rings. The van der Waals surface area contributed by atoms with Gasteiger partial charge in [-0.05, 0) is 46.6 Å². The van der Waals surface area contributed by atoms with E-state index >= 15 is 0 Å². The van der Waals surface area contributed by atoms with Crippen molar-refractivity contribution in [3.05, 3.63) is 59.1 Å². The molecular formula is C20H19BrN2O3. The number of imide groups is 1. The molecule has 0 N–H and O–H groups in total. The van der Waals surface area contributed by atoms with E-state index in [1.54, 1.807) is 11.1 Å². The van der Waals surface area contributed by atoms with Crippen molar-refractivity contribution >= 4 is 39.1 Å². The summed E-state index contributed by atoms with van der Waals surface area (Å²) in [5, 5.41) is 1.76. The second kappa shape index (κ2) is 6.85. The Morgan fingerprint density at radius 1 is 1.00 bits per heavy atom. The molecule has 2 fully saturated rings. The SMILES string of the molecule is CCC[C@@H]1[C@@H]2C(=O)N(c3ccccc3Br)C(=O)[C@H]2ON1c1ccccc1. The smallest absolute Gasteiger partial charge is 0.266 e. The minimum Gasteiger partial charge on any atom is -0.273 e. The number of rotatable bonds is 4. The molecule has 2 amide bonds. The predicted molar refractivity (Wildman–Crippen MR) is 103 cm³/mol. The lowest BCUT2D eigenvalue weighted by molar-refractivity contribution is -0.126. The number of carbonyl (C=O) groups is 2. The Morgan fingerprint density at radius 3 is 2.38 bits per heavy atom.